The second kappa shape index (κ2) is 9.51. The summed E-state index contributed by atoms with van der Waals surface area (Å²) in [4.78, 5) is 17.0. The standard InChI is InChI=1S/C21H25ClN4O3S/c1-25-11-13-26(14-12-25)20-9-6-17(22)15-19(20)23-21(27)10-5-16-3-7-18(8-4-16)24-30(2,28)29/h3-10,15,24H,11-14H2,1-2H3,(H,23,27)/b10-5+. The van der Waals surface area contributed by atoms with Crippen LogP contribution in [0.1, 0.15) is 5.56 Å². The van der Waals surface area contributed by atoms with Gasteiger partial charge in [-0.2, -0.15) is 0 Å². The topological polar surface area (TPSA) is 81.8 Å². The fourth-order valence-corrected chi connectivity index (χ4v) is 3.89. The lowest BCUT2D eigenvalue weighted by Crippen LogP contribution is -2.44. The second-order valence-corrected chi connectivity index (χ2v) is 9.46. The lowest BCUT2D eigenvalue weighted by Gasteiger charge is -2.35. The van der Waals surface area contributed by atoms with Crippen molar-refractivity contribution in [3.8, 4) is 0 Å². The van der Waals surface area contributed by atoms with Gasteiger partial charge in [0.2, 0.25) is 15.9 Å². The van der Waals surface area contributed by atoms with E-state index in [0.717, 1.165) is 43.7 Å². The predicted octanol–water partition coefficient (Wildman–Crippen LogP) is 3.12. The Labute approximate surface area is 182 Å². The van der Waals surface area contributed by atoms with E-state index in [1.165, 1.54) is 6.08 Å². The van der Waals surface area contributed by atoms with Gasteiger partial charge in [0.05, 0.1) is 17.6 Å². The van der Waals surface area contributed by atoms with Gasteiger partial charge in [0.1, 0.15) is 0 Å². The van der Waals surface area contributed by atoms with Crippen molar-refractivity contribution < 1.29 is 13.2 Å². The summed E-state index contributed by atoms with van der Waals surface area (Å²) < 4.78 is 24.9. The molecule has 1 aliphatic rings. The number of piperazine rings is 1. The van der Waals surface area contributed by atoms with Crippen molar-refractivity contribution in [3.63, 3.8) is 0 Å². The molecule has 1 fully saturated rings. The molecule has 1 heterocycles. The molecular formula is C21H25ClN4O3S. The number of nitrogens with zero attached hydrogens (tertiary/aromatic N) is 2. The SMILES string of the molecule is CN1CCN(c2ccc(Cl)cc2NC(=O)/C=C/c2ccc(NS(C)(=O)=O)cc2)CC1. The van der Waals surface area contributed by atoms with E-state index >= 15 is 0 Å². The second-order valence-electron chi connectivity index (χ2n) is 7.27. The van der Waals surface area contributed by atoms with Gasteiger partial charge in [-0.25, -0.2) is 8.42 Å². The zero-order valence-electron chi connectivity index (χ0n) is 16.9. The van der Waals surface area contributed by atoms with Gasteiger partial charge < -0.3 is 15.1 Å². The van der Waals surface area contributed by atoms with Gasteiger partial charge in [-0.05, 0) is 49.0 Å². The molecule has 2 aromatic rings. The largest absolute Gasteiger partial charge is 0.367 e. The van der Waals surface area contributed by atoms with E-state index in [0.29, 0.717) is 16.4 Å². The molecule has 2 N–H and O–H groups in total. The lowest BCUT2D eigenvalue weighted by molar-refractivity contribution is -0.111. The maximum absolute atomic E-state index is 12.5. The number of sulfonamides is 1. The molecule has 7 nitrogen and oxygen atoms in total. The van der Waals surface area contributed by atoms with Gasteiger partial charge in [0, 0.05) is 43.0 Å². The van der Waals surface area contributed by atoms with Crippen LogP contribution < -0.4 is 14.9 Å². The number of nitrogens with one attached hydrogen (secondary N) is 2. The van der Waals surface area contributed by atoms with Crippen molar-refractivity contribution in [3.05, 3.63) is 59.1 Å². The summed E-state index contributed by atoms with van der Waals surface area (Å²) in [5, 5.41) is 3.47. The summed E-state index contributed by atoms with van der Waals surface area (Å²) in [5.41, 5.74) is 2.87. The Morgan fingerprint density at radius 2 is 1.73 bits per heavy atom. The third-order valence-corrected chi connectivity index (χ3v) is 5.54. The number of hydrogen-bond donors (Lipinski definition) is 2. The lowest BCUT2D eigenvalue weighted by atomic mass is 10.2. The maximum Gasteiger partial charge on any atom is 0.248 e. The first kappa shape index (κ1) is 22.1. The monoisotopic (exact) mass is 448 g/mol. The normalized spacial score (nSPS) is 15.4. The molecule has 1 amide bonds. The van der Waals surface area contributed by atoms with Crippen molar-refractivity contribution in [1.82, 2.24) is 4.90 Å². The van der Waals surface area contributed by atoms with Crippen molar-refractivity contribution in [1.29, 1.82) is 0 Å². The summed E-state index contributed by atoms with van der Waals surface area (Å²) in [6.45, 7) is 3.68. The number of halogens is 1. The van der Waals surface area contributed by atoms with Crippen LogP contribution in [0.3, 0.4) is 0 Å². The fourth-order valence-electron chi connectivity index (χ4n) is 3.15. The van der Waals surface area contributed by atoms with E-state index in [-0.39, 0.29) is 5.91 Å². The Morgan fingerprint density at radius 1 is 1.07 bits per heavy atom. The number of likely N-dealkylation sites (N-methyl/N-ethyl adjacent to an activating group) is 1. The van der Waals surface area contributed by atoms with E-state index in [1.807, 2.05) is 12.1 Å². The van der Waals surface area contributed by atoms with E-state index in [2.05, 4.69) is 26.9 Å². The molecule has 160 valence electrons. The highest BCUT2D eigenvalue weighted by molar-refractivity contribution is 7.92. The Balaban J connectivity index is 1.68. The third-order valence-electron chi connectivity index (χ3n) is 4.70. The molecule has 2 aromatic carbocycles. The van der Waals surface area contributed by atoms with Crippen molar-refractivity contribution in [2.24, 2.45) is 0 Å². The highest BCUT2D eigenvalue weighted by atomic mass is 35.5. The molecular weight excluding hydrogens is 424 g/mol. The number of carbonyl (C=O) groups is 1. The fraction of sp³-hybridized carbons (Fsp3) is 0.286. The minimum Gasteiger partial charge on any atom is -0.367 e. The highest BCUT2D eigenvalue weighted by Gasteiger charge is 2.18. The predicted molar refractivity (Wildman–Crippen MR) is 124 cm³/mol. The zero-order chi connectivity index (χ0) is 21.7. The number of carbonyl (C=O) groups excluding carboxylic acids is 1. The minimum atomic E-state index is -3.32. The molecule has 0 atom stereocenters. The Bertz CT molecular complexity index is 1030. The summed E-state index contributed by atoms with van der Waals surface area (Å²) in [6.07, 6.45) is 4.20. The Kier molecular flexibility index (Phi) is 7.02. The molecule has 1 saturated heterocycles. The molecule has 0 saturated carbocycles. The van der Waals surface area contributed by atoms with Crippen LogP contribution in [0.25, 0.3) is 6.08 Å². The molecule has 0 aromatic heterocycles. The first-order chi connectivity index (χ1) is 14.2. The van der Waals surface area contributed by atoms with E-state index in [1.54, 1.807) is 36.4 Å². The quantitative estimate of drug-likeness (QED) is 0.663. The van der Waals surface area contributed by atoms with Crippen LogP contribution in [0.4, 0.5) is 17.1 Å². The number of benzene rings is 2. The van der Waals surface area contributed by atoms with Crippen LogP contribution >= 0.6 is 11.6 Å². The number of anilines is 3. The molecule has 0 radical (unpaired) electrons. The average molecular weight is 449 g/mol. The first-order valence-electron chi connectivity index (χ1n) is 9.49. The van der Waals surface area contributed by atoms with Crippen LogP contribution in [0.2, 0.25) is 5.02 Å². The van der Waals surface area contributed by atoms with Crippen LogP contribution in [0.15, 0.2) is 48.5 Å². The van der Waals surface area contributed by atoms with Crippen LogP contribution in [-0.4, -0.2) is 58.7 Å². The van der Waals surface area contributed by atoms with Crippen LogP contribution in [0, 0.1) is 0 Å². The molecule has 3 rings (SSSR count). The molecule has 9 heteroatoms. The summed E-state index contributed by atoms with van der Waals surface area (Å²) in [6, 6.07) is 12.3. The summed E-state index contributed by atoms with van der Waals surface area (Å²) in [5.74, 6) is -0.272. The average Bonchev–Trinajstić information content (AvgIpc) is 2.67. The number of amides is 1. The minimum absolute atomic E-state index is 0.272. The Morgan fingerprint density at radius 3 is 2.37 bits per heavy atom. The van der Waals surface area contributed by atoms with Gasteiger partial charge in [0.15, 0.2) is 0 Å². The van der Waals surface area contributed by atoms with Crippen molar-refractivity contribution in [2.45, 2.75) is 0 Å². The molecule has 30 heavy (non-hydrogen) atoms. The van der Waals surface area contributed by atoms with Gasteiger partial charge in [-0.15, -0.1) is 0 Å². The van der Waals surface area contributed by atoms with Crippen molar-refractivity contribution >= 4 is 50.7 Å². The molecule has 0 aliphatic carbocycles. The molecule has 0 unspecified atom stereocenters. The van der Waals surface area contributed by atoms with Gasteiger partial charge in [-0.1, -0.05) is 23.7 Å². The highest BCUT2D eigenvalue weighted by Crippen LogP contribution is 2.30. The van der Waals surface area contributed by atoms with E-state index in [9.17, 15) is 13.2 Å². The van der Waals surface area contributed by atoms with Crippen LogP contribution in [-0.2, 0) is 14.8 Å². The number of hydrogen-bond acceptors (Lipinski definition) is 5. The Hall–Kier alpha value is -2.55. The maximum atomic E-state index is 12.5. The molecule has 0 spiro atoms. The van der Waals surface area contributed by atoms with Crippen molar-refractivity contribution in [2.75, 3.05) is 54.4 Å². The third kappa shape index (κ3) is 6.48. The smallest absolute Gasteiger partial charge is 0.248 e. The molecule has 1 aliphatic heterocycles. The van der Waals surface area contributed by atoms with Gasteiger partial charge in [0.25, 0.3) is 0 Å². The number of rotatable bonds is 6. The van der Waals surface area contributed by atoms with Crippen LogP contribution in [0.5, 0.6) is 0 Å². The van der Waals surface area contributed by atoms with E-state index in [4.69, 9.17) is 11.6 Å². The van der Waals surface area contributed by atoms with Gasteiger partial charge >= 0.3 is 0 Å². The van der Waals surface area contributed by atoms with E-state index < -0.39 is 10.0 Å². The molecule has 0 bridgehead atoms. The summed E-state index contributed by atoms with van der Waals surface area (Å²) in [7, 11) is -1.23. The van der Waals surface area contributed by atoms with Gasteiger partial charge in [-0.3, -0.25) is 9.52 Å². The zero-order valence-corrected chi connectivity index (χ0v) is 18.5. The first-order valence-corrected chi connectivity index (χ1v) is 11.8. The summed E-state index contributed by atoms with van der Waals surface area (Å²) >= 11 is 6.15.